The molecule has 0 aromatic heterocycles. The highest BCUT2D eigenvalue weighted by atomic mass is 35.5. The molecular formula is C13H20ClNO. The lowest BCUT2D eigenvalue weighted by molar-refractivity contribution is 0.0185. The maximum absolute atomic E-state index is 10.6. The van der Waals surface area contributed by atoms with Crippen LogP contribution in [-0.4, -0.2) is 18.7 Å². The van der Waals surface area contributed by atoms with Gasteiger partial charge in [0.25, 0.3) is 0 Å². The molecule has 0 saturated heterocycles. The molecule has 2 nitrogen and oxygen atoms in total. The molecule has 1 atom stereocenters. The lowest BCUT2D eigenvalue weighted by atomic mass is 9.86. The molecule has 1 rings (SSSR count). The topological polar surface area (TPSA) is 32.3 Å². The van der Waals surface area contributed by atoms with E-state index in [9.17, 15) is 5.11 Å². The molecule has 0 aliphatic rings. The Balaban J connectivity index is 2.86. The zero-order chi connectivity index (χ0) is 12.0. The minimum Gasteiger partial charge on any atom is -0.385 e. The van der Waals surface area contributed by atoms with Crippen LogP contribution in [0.4, 0.5) is 0 Å². The maximum atomic E-state index is 10.6. The van der Waals surface area contributed by atoms with Crippen LogP contribution in [0.1, 0.15) is 31.7 Å². The fourth-order valence-corrected chi connectivity index (χ4v) is 2.05. The smallest absolute Gasteiger partial charge is 0.0908 e. The minimum atomic E-state index is -0.734. The summed E-state index contributed by atoms with van der Waals surface area (Å²) in [6.07, 6.45) is 2.46. The Morgan fingerprint density at radius 2 is 1.88 bits per heavy atom. The monoisotopic (exact) mass is 241 g/mol. The highest BCUT2D eigenvalue weighted by molar-refractivity contribution is 6.30. The van der Waals surface area contributed by atoms with Crippen LogP contribution in [0.3, 0.4) is 0 Å². The van der Waals surface area contributed by atoms with Gasteiger partial charge in [0.1, 0.15) is 0 Å². The second-order valence-electron chi connectivity index (χ2n) is 4.14. The van der Waals surface area contributed by atoms with Gasteiger partial charge >= 0.3 is 0 Å². The summed E-state index contributed by atoms with van der Waals surface area (Å²) in [5, 5.41) is 14.4. The molecule has 1 aromatic rings. The summed E-state index contributed by atoms with van der Waals surface area (Å²) in [4.78, 5) is 0. The van der Waals surface area contributed by atoms with Crippen molar-refractivity contribution in [2.24, 2.45) is 0 Å². The fourth-order valence-electron chi connectivity index (χ4n) is 1.92. The molecule has 0 aliphatic carbocycles. The highest BCUT2D eigenvalue weighted by Crippen LogP contribution is 2.30. The van der Waals surface area contributed by atoms with Gasteiger partial charge in [-0.2, -0.15) is 0 Å². The third kappa shape index (κ3) is 3.48. The first kappa shape index (κ1) is 13.5. The third-order valence-electron chi connectivity index (χ3n) is 2.83. The number of rotatable bonds is 6. The summed E-state index contributed by atoms with van der Waals surface area (Å²) in [7, 11) is 1.90. The van der Waals surface area contributed by atoms with E-state index in [1.165, 1.54) is 0 Å². The Bertz CT molecular complexity index is 312. The van der Waals surface area contributed by atoms with Crippen LogP contribution in [0.25, 0.3) is 0 Å². The first-order chi connectivity index (χ1) is 7.62. The van der Waals surface area contributed by atoms with Crippen LogP contribution in [0.5, 0.6) is 0 Å². The SMILES string of the molecule is CCCC(O)(CCNC)c1ccc(Cl)cc1. The normalized spacial score (nSPS) is 14.8. The van der Waals surface area contributed by atoms with Crippen LogP contribution in [0, 0.1) is 0 Å². The van der Waals surface area contributed by atoms with Crippen LogP contribution in [-0.2, 0) is 5.60 Å². The van der Waals surface area contributed by atoms with Gasteiger partial charge in [-0.05, 0) is 44.1 Å². The van der Waals surface area contributed by atoms with Gasteiger partial charge in [-0.1, -0.05) is 37.1 Å². The molecule has 0 amide bonds. The molecule has 2 N–H and O–H groups in total. The molecule has 0 bridgehead atoms. The van der Waals surface area contributed by atoms with Crippen LogP contribution in [0.15, 0.2) is 24.3 Å². The number of halogens is 1. The van der Waals surface area contributed by atoms with Gasteiger partial charge in [0, 0.05) is 5.02 Å². The molecular weight excluding hydrogens is 222 g/mol. The molecule has 0 saturated carbocycles. The summed E-state index contributed by atoms with van der Waals surface area (Å²) >= 11 is 5.85. The van der Waals surface area contributed by atoms with E-state index in [0.717, 1.165) is 31.4 Å². The lowest BCUT2D eigenvalue weighted by Gasteiger charge is -2.28. The molecule has 1 aromatic carbocycles. The summed E-state index contributed by atoms with van der Waals surface area (Å²) < 4.78 is 0. The molecule has 90 valence electrons. The zero-order valence-corrected chi connectivity index (χ0v) is 10.7. The van der Waals surface area contributed by atoms with Crippen LogP contribution >= 0.6 is 11.6 Å². The van der Waals surface area contributed by atoms with Gasteiger partial charge in [-0.25, -0.2) is 0 Å². The molecule has 1 unspecified atom stereocenters. The van der Waals surface area contributed by atoms with E-state index < -0.39 is 5.60 Å². The number of aliphatic hydroxyl groups is 1. The highest BCUT2D eigenvalue weighted by Gasteiger charge is 2.27. The first-order valence-corrected chi connectivity index (χ1v) is 6.13. The van der Waals surface area contributed by atoms with Crippen molar-refractivity contribution < 1.29 is 5.11 Å². The Morgan fingerprint density at radius 1 is 1.25 bits per heavy atom. The Kier molecular flexibility index (Phi) is 5.26. The molecule has 0 fully saturated rings. The number of benzene rings is 1. The van der Waals surface area contributed by atoms with Crippen LogP contribution < -0.4 is 5.32 Å². The third-order valence-corrected chi connectivity index (χ3v) is 3.09. The van der Waals surface area contributed by atoms with Crippen molar-refractivity contribution in [1.29, 1.82) is 0 Å². The average Bonchev–Trinajstić information content (AvgIpc) is 2.27. The van der Waals surface area contributed by atoms with E-state index in [0.29, 0.717) is 5.02 Å². The van der Waals surface area contributed by atoms with Gasteiger partial charge in [-0.3, -0.25) is 0 Å². The quantitative estimate of drug-likeness (QED) is 0.803. The van der Waals surface area contributed by atoms with Crippen molar-refractivity contribution in [2.45, 2.75) is 31.8 Å². The van der Waals surface area contributed by atoms with E-state index in [4.69, 9.17) is 11.6 Å². The number of nitrogens with one attached hydrogen (secondary N) is 1. The molecule has 3 heteroatoms. The van der Waals surface area contributed by atoms with Gasteiger partial charge in [-0.15, -0.1) is 0 Å². The molecule has 0 aliphatic heterocycles. The Hall–Kier alpha value is -0.570. The van der Waals surface area contributed by atoms with Gasteiger partial charge in [0.05, 0.1) is 5.60 Å². The van der Waals surface area contributed by atoms with Crippen LogP contribution in [0.2, 0.25) is 5.02 Å². The predicted molar refractivity (Wildman–Crippen MR) is 68.8 cm³/mol. The molecule has 0 radical (unpaired) electrons. The van der Waals surface area contributed by atoms with Crippen molar-refractivity contribution in [3.63, 3.8) is 0 Å². The molecule has 16 heavy (non-hydrogen) atoms. The second-order valence-corrected chi connectivity index (χ2v) is 4.58. The van der Waals surface area contributed by atoms with Crippen molar-refractivity contribution >= 4 is 11.6 Å². The molecule has 0 spiro atoms. The lowest BCUT2D eigenvalue weighted by Crippen LogP contribution is -2.29. The van der Waals surface area contributed by atoms with Crippen molar-refractivity contribution in [2.75, 3.05) is 13.6 Å². The summed E-state index contributed by atoms with van der Waals surface area (Å²) in [5.41, 5.74) is 0.219. The van der Waals surface area contributed by atoms with Crippen molar-refractivity contribution in [3.05, 3.63) is 34.9 Å². The van der Waals surface area contributed by atoms with Crippen molar-refractivity contribution in [1.82, 2.24) is 5.32 Å². The van der Waals surface area contributed by atoms with E-state index >= 15 is 0 Å². The van der Waals surface area contributed by atoms with E-state index in [-0.39, 0.29) is 0 Å². The summed E-state index contributed by atoms with van der Waals surface area (Å²) in [6.45, 7) is 2.89. The van der Waals surface area contributed by atoms with Gasteiger partial charge < -0.3 is 10.4 Å². The summed E-state index contributed by atoms with van der Waals surface area (Å²) in [6, 6.07) is 7.48. The number of hydrogen-bond acceptors (Lipinski definition) is 2. The standard InChI is InChI=1S/C13H20ClNO/c1-3-8-13(16,9-10-15-2)11-4-6-12(14)7-5-11/h4-7,15-16H,3,8-10H2,1-2H3. The van der Waals surface area contributed by atoms with Gasteiger partial charge in [0.2, 0.25) is 0 Å². The minimum absolute atomic E-state index is 0.705. The Labute approximate surface area is 103 Å². The van der Waals surface area contributed by atoms with E-state index in [1.807, 2.05) is 31.3 Å². The zero-order valence-electron chi connectivity index (χ0n) is 9.96. The first-order valence-electron chi connectivity index (χ1n) is 5.75. The Morgan fingerprint density at radius 3 is 2.38 bits per heavy atom. The van der Waals surface area contributed by atoms with E-state index in [1.54, 1.807) is 0 Å². The number of hydrogen-bond donors (Lipinski definition) is 2. The summed E-state index contributed by atoms with van der Waals surface area (Å²) in [5.74, 6) is 0. The maximum Gasteiger partial charge on any atom is 0.0908 e. The second kappa shape index (κ2) is 6.24. The average molecular weight is 242 g/mol. The predicted octanol–water partition coefficient (Wildman–Crippen LogP) is 2.94. The fraction of sp³-hybridized carbons (Fsp3) is 0.538. The largest absolute Gasteiger partial charge is 0.385 e. The van der Waals surface area contributed by atoms with Crippen molar-refractivity contribution in [3.8, 4) is 0 Å². The van der Waals surface area contributed by atoms with E-state index in [2.05, 4.69) is 12.2 Å². The molecule has 0 heterocycles. The van der Waals surface area contributed by atoms with Gasteiger partial charge in [0.15, 0.2) is 0 Å².